The molecule has 0 spiro atoms. The van der Waals surface area contributed by atoms with Crippen LogP contribution >= 0.6 is 27.7 Å². The van der Waals surface area contributed by atoms with Gasteiger partial charge in [0, 0.05) is 0 Å². The Bertz CT molecular complexity index is 1340. The van der Waals surface area contributed by atoms with Crippen LogP contribution in [0, 0.1) is 0 Å². The Morgan fingerprint density at radius 3 is 2.46 bits per heavy atom. The van der Waals surface area contributed by atoms with E-state index in [1.54, 1.807) is 48.6 Å². The molecule has 2 amide bonds. The molecule has 3 aromatic rings. The number of carboxylic acid groups (broad SMARTS) is 1. The number of ether oxygens (including phenoxy) is 1. The van der Waals surface area contributed by atoms with E-state index in [1.807, 2.05) is 18.2 Å². The molecule has 4 rings (SSSR count). The van der Waals surface area contributed by atoms with Gasteiger partial charge in [0.2, 0.25) is 0 Å². The molecule has 0 unspecified atom stereocenters. The molecule has 8 heteroatoms. The van der Waals surface area contributed by atoms with Gasteiger partial charge in [-0.25, -0.2) is 9.69 Å². The number of amides is 2. The summed E-state index contributed by atoms with van der Waals surface area (Å²) in [6, 6.07) is 19.0. The first-order chi connectivity index (χ1) is 16.9. The zero-order valence-electron chi connectivity index (χ0n) is 18.4. The third-order valence-electron chi connectivity index (χ3n) is 5.20. The molecule has 1 aliphatic rings. The second-order valence-corrected chi connectivity index (χ2v) is 9.47. The largest absolute Gasteiger partial charge is 0.487 e. The van der Waals surface area contributed by atoms with E-state index in [2.05, 4.69) is 22.5 Å². The summed E-state index contributed by atoms with van der Waals surface area (Å²) in [5.74, 6) is -0.717. The van der Waals surface area contributed by atoms with Crippen molar-refractivity contribution in [1.29, 1.82) is 0 Å². The average Bonchev–Trinajstić information content (AvgIpc) is 3.12. The summed E-state index contributed by atoms with van der Waals surface area (Å²) >= 11 is 4.46. The Balaban J connectivity index is 1.57. The number of nitrogens with zero attached hydrogens (tertiary/aromatic N) is 1. The third-order valence-corrected chi connectivity index (χ3v) is 6.66. The lowest BCUT2D eigenvalue weighted by molar-refractivity contribution is -0.113. The Morgan fingerprint density at radius 2 is 1.80 bits per heavy atom. The van der Waals surface area contributed by atoms with E-state index in [9.17, 15) is 14.4 Å². The van der Waals surface area contributed by atoms with Crippen molar-refractivity contribution in [1.82, 2.24) is 0 Å². The van der Waals surface area contributed by atoms with Crippen molar-refractivity contribution in [2.24, 2.45) is 0 Å². The van der Waals surface area contributed by atoms with Gasteiger partial charge in [0.25, 0.3) is 11.1 Å². The fraction of sp³-hybridized carbons (Fsp3) is 0.0741. The fourth-order valence-electron chi connectivity index (χ4n) is 3.54. The maximum atomic E-state index is 12.9. The van der Waals surface area contributed by atoms with Crippen LogP contribution < -0.4 is 9.64 Å². The zero-order valence-corrected chi connectivity index (χ0v) is 20.8. The normalized spacial score (nSPS) is 14.4. The van der Waals surface area contributed by atoms with E-state index in [0.717, 1.165) is 28.5 Å². The number of aromatic carboxylic acids is 1. The summed E-state index contributed by atoms with van der Waals surface area (Å²) in [6.07, 6.45) is 3.97. The topological polar surface area (TPSA) is 83.9 Å². The van der Waals surface area contributed by atoms with Crippen molar-refractivity contribution in [3.63, 3.8) is 0 Å². The number of rotatable bonds is 8. The number of benzene rings is 3. The number of hydrogen-bond donors (Lipinski definition) is 1. The second-order valence-electron chi connectivity index (χ2n) is 7.63. The number of carboxylic acids is 1. The first-order valence-electron chi connectivity index (χ1n) is 10.6. The van der Waals surface area contributed by atoms with Gasteiger partial charge in [-0.2, -0.15) is 0 Å². The molecule has 1 saturated heterocycles. The van der Waals surface area contributed by atoms with Crippen LogP contribution in [0.4, 0.5) is 10.5 Å². The highest BCUT2D eigenvalue weighted by Gasteiger charge is 2.36. The SMILES string of the molecule is C=CCc1cc(/C=C2\SC(=O)N(c3ccccc3)C2=O)cc(Br)c1OCc1ccc(C(=O)O)cc1. The van der Waals surface area contributed by atoms with E-state index >= 15 is 0 Å². The number of thioether (sulfide) groups is 1. The van der Waals surface area contributed by atoms with E-state index in [0.29, 0.717) is 27.2 Å². The average molecular weight is 550 g/mol. The molecule has 0 aliphatic carbocycles. The number of para-hydroxylation sites is 1. The van der Waals surface area contributed by atoms with Crippen LogP contribution in [0.3, 0.4) is 0 Å². The number of imide groups is 1. The van der Waals surface area contributed by atoms with Gasteiger partial charge in [-0.05, 0) is 93.3 Å². The predicted octanol–water partition coefficient (Wildman–Crippen LogP) is 6.70. The molecule has 1 heterocycles. The molecule has 0 radical (unpaired) electrons. The molecule has 3 aromatic carbocycles. The number of halogens is 1. The molecule has 0 atom stereocenters. The minimum absolute atomic E-state index is 0.211. The maximum absolute atomic E-state index is 12.9. The van der Waals surface area contributed by atoms with Crippen molar-refractivity contribution in [3.8, 4) is 5.75 Å². The van der Waals surface area contributed by atoms with Crippen molar-refractivity contribution >= 4 is 56.6 Å². The molecule has 35 heavy (non-hydrogen) atoms. The minimum Gasteiger partial charge on any atom is -0.487 e. The lowest BCUT2D eigenvalue weighted by Gasteiger charge is -2.14. The van der Waals surface area contributed by atoms with Crippen LogP contribution in [0.2, 0.25) is 0 Å². The Hall–Kier alpha value is -3.62. The lowest BCUT2D eigenvalue weighted by atomic mass is 10.1. The monoisotopic (exact) mass is 549 g/mol. The fourth-order valence-corrected chi connectivity index (χ4v) is 5.02. The highest BCUT2D eigenvalue weighted by molar-refractivity contribution is 9.10. The van der Waals surface area contributed by atoms with Gasteiger partial charge in [0.05, 0.1) is 20.6 Å². The van der Waals surface area contributed by atoms with Crippen molar-refractivity contribution < 1.29 is 24.2 Å². The quantitative estimate of drug-likeness (QED) is 0.248. The van der Waals surface area contributed by atoms with Crippen LogP contribution in [-0.4, -0.2) is 22.2 Å². The zero-order chi connectivity index (χ0) is 24.9. The van der Waals surface area contributed by atoms with E-state index in [1.165, 1.54) is 17.0 Å². The summed E-state index contributed by atoms with van der Waals surface area (Å²) in [6.45, 7) is 4.07. The first kappa shape index (κ1) is 24.5. The van der Waals surface area contributed by atoms with Gasteiger partial charge >= 0.3 is 5.97 Å². The van der Waals surface area contributed by atoms with Crippen molar-refractivity contribution in [3.05, 3.63) is 111 Å². The summed E-state index contributed by atoms with van der Waals surface area (Å²) in [5.41, 5.74) is 3.16. The third kappa shape index (κ3) is 5.55. The molecule has 0 aromatic heterocycles. The number of hydrogen-bond acceptors (Lipinski definition) is 5. The van der Waals surface area contributed by atoms with Gasteiger partial charge in [-0.3, -0.25) is 9.59 Å². The van der Waals surface area contributed by atoms with Gasteiger partial charge < -0.3 is 9.84 Å². The second kappa shape index (κ2) is 10.8. The highest BCUT2D eigenvalue weighted by atomic mass is 79.9. The van der Waals surface area contributed by atoms with Crippen molar-refractivity contribution in [2.45, 2.75) is 13.0 Å². The summed E-state index contributed by atoms with van der Waals surface area (Å²) in [5, 5.41) is 8.71. The van der Waals surface area contributed by atoms with Crippen LogP contribution in [0.25, 0.3) is 6.08 Å². The molecule has 1 N–H and O–H groups in total. The highest BCUT2D eigenvalue weighted by Crippen LogP contribution is 2.38. The number of carbonyl (C=O) groups is 3. The first-order valence-corrected chi connectivity index (χ1v) is 12.2. The Morgan fingerprint density at radius 1 is 1.09 bits per heavy atom. The maximum Gasteiger partial charge on any atom is 0.335 e. The molecule has 6 nitrogen and oxygen atoms in total. The summed E-state index contributed by atoms with van der Waals surface area (Å²) < 4.78 is 6.74. The Labute approximate surface area is 215 Å². The van der Waals surface area contributed by atoms with Crippen LogP contribution in [0.5, 0.6) is 5.75 Å². The summed E-state index contributed by atoms with van der Waals surface area (Å²) in [7, 11) is 0. The van der Waals surface area contributed by atoms with E-state index < -0.39 is 5.97 Å². The van der Waals surface area contributed by atoms with Crippen LogP contribution in [0.1, 0.15) is 27.0 Å². The minimum atomic E-state index is -0.981. The Kier molecular flexibility index (Phi) is 7.53. The van der Waals surface area contributed by atoms with Crippen molar-refractivity contribution in [2.75, 3.05) is 4.90 Å². The molecule has 1 fully saturated rings. The molecule has 0 bridgehead atoms. The molecular formula is C27H20BrNO5S. The molecule has 1 aliphatic heterocycles. The molecular weight excluding hydrogens is 530 g/mol. The molecule has 0 saturated carbocycles. The van der Waals surface area contributed by atoms with Gasteiger partial charge in [0.15, 0.2) is 0 Å². The van der Waals surface area contributed by atoms with Gasteiger partial charge in [-0.15, -0.1) is 6.58 Å². The van der Waals surface area contributed by atoms with E-state index in [-0.39, 0.29) is 23.3 Å². The summed E-state index contributed by atoms with van der Waals surface area (Å²) in [4.78, 5) is 38.0. The number of carbonyl (C=O) groups excluding carboxylic acids is 2. The van der Waals surface area contributed by atoms with Gasteiger partial charge in [0.1, 0.15) is 12.4 Å². The number of allylic oxidation sites excluding steroid dienone is 1. The van der Waals surface area contributed by atoms with Crippen LogP contribution in [-0.2, 0) is 17.8 Å². The molecule has 176 valence electrons. The lowest BCUT2D eigenvalue weighted by Crippen LogP contribution is -2.27. The van der Waals surface area contributed by atoms with Crippen LogP contribution in [0.15, 0.2) is 88.8 Å². The standard InChI is InChI=1S/C27H20BrNO5S/c1-2-6-20-13-18(15-23-25(30)29(27(33)35-23)21-7-4-3-5-8-21)14-22(28)24(20)34-16-17-9-11-19(12-10-17)26(31)32/h2-5,7-15H,1,6,16H2,(H,31,32)/b23-15-. The smallest absolute Gasteiger partial charge is 0.335 e. The predicted molar refractivity (Wildman–Crippen MR) is 141 cm³/mol. The number of anilines is 1. The van der Waals surface area contributed by atoms with E-state index in [4.69, 9.17) is 9.84 Å². The van der Waals surface area contributed by atoms with Gasteiger partial charge in [-0.1, -0.05) is 36.4 Å².